The molecule has 0 aliphatic carbocycles. The van der Waals surface area contributed by atoms with Gasteiger partial charge in [-0.3, -0.25) is 4.79 Å². The van der Waals surface area contributed by atoms with Gasteiger partial charge in [0, 0.05) is 23.9 Å². The number of hydrogen-bond donors (Lipinski definition) is 0. The van der Waals surface area contributed by atoms with E-state index in [1.165, 1.54) is 19.1 Å². The number of rotatable bonds is 6. The highest BCUT2D eigenvalue weighted by molar-refractivity contribution is 9.10. The van der Waals surface area contributed by atoms with Crippen molar-refractivity contribution in [2.75, 3.05) is 6.54 Å². The molecule has 2 atom stereocenters. The minimum absolute atomic E-state index is 0.0634. The van der Waals surface area contributed by atoms with E-state index in [2.05, 4.69) is 15.9 Å². The lowest BCUT2D eigenvalue weighted by atomic mass is 9.98. The summed E-state index contributed by atoms with van der Waals surface area (Å²) in [4.78, 5) is 12.6. The van der Waals surface area contributed by atoms with E-state index in [9.17, 15) is 26.4 Å². The standard InChI is InChI=1S/C20H19BrF3NO3S/c1-20(24)11-18(19(26)7-2-13-8-14(21)10-16(23)9-13)25(12-20)29(27,28)17-5-3-15(22)4-6-17/h3-6,8-10,18H,2,7,11-12H2,1H3/t18-,20+/m0/s1. The number of aryl methyl sites for hydroxylation is 1. The van der Waals surface area contributed by atoms with E-state index in [1.54, 1.807) is 6.07 Å². The molecule has 3 rings (SSSR count). The number of carbonyl (C=O) groups is 1. The number of hydrogen-bond acceptors (Lipinski definition) is 3. The smallest absolute Gasteiger partial charge is 0.243 e. The average molecular weight is 490 g/mol. The van der Waals surface area contributed by atoms with Crippen molar-refractivity contribution in [3.63, 3.8) is 0 Å². The van der Waals surface area contributed by atoms with Gasteiger partial charge in [-0.05, 0) is 61.4 Å². The number of benzene rings is 2. The molecule has 0 bridgehead atoms. The van der Waals surface area contributed by atoms with Crippen molar-refractivity contribution in [2.45, 2.75) is 42.8 Å². The molecule has 156 valence electrons. The third kappa shape index (κ3) is 5.07. The largest absolute Gasteiger partial charge is 0.298 e. The van der Waals surface area contributed by atoms with Crippen molar-refractivity contribution in [2.24, 2.45) is 0 Å². The summed E-state index contributed by atoms with van der Waals surface area (Å²) in [5.74, 6) is -1.51. The highest BCUT2D eigenvalue weighted by Gasteiger charge is 2.49. The number of halogens is 4. The van der Waals surface area contributed by atoms with E-state index in [0.29, 0.717) is 10.0 Å². The molecule has 29 heavy (non-hydrogen) atoms. The first-order chi connectivity index (χ1) is 13.5. The predicted molar refractivity (Wildman–Crippen MR) is 106 cm³/mol. The van der Waals surface area contributed by atoms with Crippen LogP contribution < -0.4 is 0 Å². The van der Waals surface area contributed by atoms with Gasteiger partial charge >= 0.3 is 0 Å². The molecule has 1 heterocycles. The second-order valence-corrected chi connectivity index (χ2v) is 10.2. The Morgan fingerprint density at radius 1 is 1.17 bits per heavy atom. The third-order valence-electron chi connectivity index (χ3n) is 4.83. The van der Waals surface area contributed by atoms with Gasteiger partial charge in [0.25, 0.3) is 0 Å². The summed E-state index contributed by atoms with van der Waals surface area (Å²) in [6.07, 6.45) is -0.135. The average Bonchev–Trinajstić information content (AvgIpc) is 2.96. The Bertz CT molecular complexity index is 1010. The van der Waals surface area contributed by atoms with Gasteiger partial charge in [0.15, 0.2) is 5.78 Å². The Morgan fingerprint density at radius 3 is 2.45 bits per heavy atom. The Morgan fingerprint density at radius 2 is 1.83 bits per heavy atom. The SMILES string of the molecule is C[C@@]1(F)C[C@@H](C(=O)CCc2cc(F)cc(Br)c2)N(S(=O)(=O)c2ccc(F)cc2)C1. The van der Waals surface area contributed by atoms with Crippen LogP contribution in [-0.4, -0.2) is 36.8 Å². The van der Waals surface area contributed by atoms with Gasteiger partial charge in [0.05, 0.1) is 10.9 Å². The Labute approximate surface area is 175 Å². The van der Waals surface area contributed by atoms with E-state index in [4.69, 9.17) is 0 Å². The van der Waals surface area contributed by atoms with Crippen LogP contribution in [0.4, 0.5) is 13.2 Å². The maximum absolute atomic E-state index is 14.7. The molecule has 0 saturated carbocycles. The van der Waals surface area contributed by atoms with E-state index in [1.807, 2.05) is 0 Å². The maximum Gasteiger partial charge on any atom is 0.243 e. The first kappa shape index (κ1) is 22.0. The highest BCUT2D eigenvalue weighted by Crippen LogP contribution is 2.35. The molecule has 1 fully saturated rings. The normalized spacial score (nSPS) is 22.7. The number of alkyl halides is 1. The van der Waals surface area contributed by atoms with Crippen LogP contribution in [0.3, 0.4) is 0 Å². The van der Waals surface area contributed by atoms with E-state index < -0.39 is 45.7 Å². The van der Waals surface area contributed by atoms with Crippen molar-refractivity contribution < 1.29 is 26.4 Å². The van der Waals surface area contributed by atoms with Gasteiger partial charge in [-0.15, -0.1) is 0 Å². The second kappa shape index (κ2) is 8.20. The zero-order chi connectivity index (χ0) is 21.4. The minimum atomic E-state index is -4.18. The van der Waals surface area contributed by atoms with Crippen LogP contribution in [0.1, 0.15) is 25.3 Å². The monoisotopic (exact) mass is 489 g/mol. The lowest BCUT2D eigenvalue weighted by molar-refractivity contribution is -0.122. The zero-order valence-corrected chi connectivity index (χ0v) is 17.9. The van der Waals surface area contributed by atoms with Crippen molar-refractivity contribution in [1.82, 2.24) is 4.31 Å². The van der Waals surface area contributed by atoms with E-state index in [-0.39, 0.29) is 24.2 Å². The molecule has 1 aliphatic heterocycles. The summed E-state index contributed by atoms with van der Waals surface area (Å²) in [5, 5.41) is 0. The van der Waals surface area contributed by atoms with Crippen LogP contribution in [-0.2, 0) is 21.2 Å². The first-order valence-corrected chi connectivity index (χ1v) is 11.2. The molecule has 0 spiro atoms. The number of Topliss-reactive ketones (excluding diaryl/α,β-unsaturated/α-hetero) is 1. The van der Waals surface area contributed by atoms with Gasteiger partial charge in [-0.2, -0.15) is 4.31 Å². The fraction of sp³-hybridized carbons (Fsp3) is 0.350. The molecular formula is C20H19BrF3NO3S. The van der Waals surface area contributed by atoms with E-state index >= 15 is 0 Å². The summed E-state index contributed by atoms with van der Waals surface area (Å²) in [5.41, 5.74) is -1.30. The summed E-state index contributed by atoms with van der Waals surface area (Å²) < 4.78 is 68.6. The minimum Gasteiger partial charge on any atom is -0.298 e. The van der Waals surface area contributed by atoms with Gasteiger partial charge in [-0.25, -0.2) is 21.6 Å². The Balaban J connectivity index is 1.81. The van der Waals surface area contributed by atoms with Crippen LogP contribution >= 0.6 is 15.9 Å². The molecule has 0 unspecified atom stereocenters. The molecule has 2 aromatic carbocycles. The van der Waals surface area contributed by atoms with Gasteiger partial charge in [0.1, 0.15) is 17.3 Å². The van der Waals surface area contributed by atoms with Crippen LogP contribution in [0.25, 0.3) is 0 Å². The Kier molecular flexibility index (Phi) is 6.21. The van der Waals surface area contributed by atoms with Gasteiger partial charge in [0.2, 0.25) is 10.0 Å². The summed E-state index contributed by atoms with van der Waals surface area (Å²) in [7, 11) is -4.18. The maximum atomic E-state index is 14.7. The molecule has 4 nitrogen and oxygen atoms in total. The first-order valence-electron chi connectivity index (χ1n) is 8.92. The van der Waals surface area contributed by atoms with Crippen LogP contribution in [0.2, 0.25) is 0 Å². The fourth-order valence-electron chi connectivity index (χ4n) is 3.46. The van der Waals surface area contributed by atoms with Crippen molar-refractivity contribution in [3.8, 4) is 0 Å². The quantitative estimate of drug-likeness (QED) is 0.603. The molecule has 0 N–H and O–H groups in total. The van der Waals surface area contributed by atoms with Crippen molar-refractivity contribution >= 4 is 31.7 Å². The molecular weight excluding hydrogens is 471 g/mol. The molecule has 0 amide bonds. The molecule has 1 aliphatic rings. The van der Waals surface area contributed by atoms with E-state index in [0.717, 1.165) is 28.6 Å². The third-order valence-corrected chi connectivity index (χ3v) is 7.15. The Hall–Kier alpha value is -1.71. The molecule has 0 aromatic heterocycles. The fourth-order valence-corrected chi connectivity index (χ4v) is 5.69. The number of carbonyl (C=O) groups excluding carboxylic acids is 1. The summed E-state index contributed by atoms with van der Waals surface area (Å²) in [6, 6.07) is 7.24. The lowest BCUT2D eigenvalue weighted by Gasteiger charge is -2.23. The zero-order valence-electron chi connectivity index (χ0n) is 15.5. The topological polar surface area (TPSA) is 54.5 Å². The van der Waals surface area contributed by atoms with Crippen molar-refractivity contribution in [1.29, 1.82) is 0 Å². The summed E-state index contributed by atoms with van der Waals surface area (Å²) >= 11 is 3.18. The molecule has 2 aromatic rings. The van der Waals surface area contributed by atoms with Crippen LogP contribution in [0.5, 0.6) is 0 Å². The number of ketones is 1. The molecule has 0 radical (unpaired) electrons. The lowest BCUT2D eigenvalue weighted by Crippen LogP contribution is -2.41. The van der Waals surface area contributed by atoms with Gasteiger partial charge in [-0.1, -0.05) is 15.9 Å². The van der Waals surface area contributed by atoms with Crippen molar-refractivity contribution in [3.05, 3.63) is 64.1 Å². The van der Waals surface area contributed by atoms with Crippen LogP contribution in [0.15, 0.2) is 51.8 Å². The predicted octanol–water partition coefficient (Wildman–Crippen LogP) is 4.42. The number of sulfonamides is 1. The summed E-state index contributed by atoms with van der Waals surface area (Å²) in [6.45, 7) is 0.784. The van der Waals surface area contributed by atoms with Gasteiger partial charge < -0.3 is 0 Å². The second-order valence-electron chi connectivity index (χ2n) is 7.38. The number of nitrogens with zero attached hydrogens (tertiary/aromatic N) is 1. The highest BCUT2D eigenvalue weighted by atomic mass is 79.9. The molecule has 9 heteroatoms. The van der Waals surface area contributed by atoms with Crippen LogP contribution in [0, 0.1) is 11.6 Å². The molecule has 1 saturated heterocycles.